The highest BCUT2D eigenvalue weighted by molar-refractivity contribution is 7.19. The molecular weight excluding hydrogens is 625 g/mol. The van der Waals surface area contributed by atoms with Gasteiger partial charge < -0.3 is 0 Å². The maximum atomic E-state index is 9.05. The Labute approximate surface area is 310 Å². The van der Waals surface area contributed by atoms with Crippen LogP contribution in [0, 0.1) is 0 Å². The number of rotatable bonds is 7. The van der Waals surface area contributed by atoms with Crippen LogP contribution < -0.4 is 20.7 Å². The van der Waals surface area contributed by atoms with Crippen molar-refractivity contribution in [1.29, 1.82) is 0 Å². The molecule has 0 saturated carbocycles. The quantitative estimate of drug-likeness (QED) is 0.129. The van der Waals surface area contributed by atoms with Gasteiger partial charge in [-0.05, 0) is 32.8 Å². The average Bonchev–Trinajstić information content (AvgIpc) is 3.68. The lowest BCUT2D eigenvalue weighted by atomic mass is 10.2. The number of nitrogens with zero attached hydrogens (tertiary/aromatic N) is 4. The van der Waals surface area contributed by atoms with Crippen molar-refractivity contribution in [3.8, 4) is 28.7 Å². The minimum absolute atomic E-state index is 0.0589. The molecule has 2 aromatic heterocycles. The van der Waals surface area contributed by atoms with Gasteiger partial charge in [0.2, 0.25) is 5.95 Å². The van der Waals surface area contributed by atoms with E-state index in [9.17, 15) is 0 Å². The molecule has 0 bridgehead atoms. The van der Waals surface area contributed by atoms with Gasteiger partial charge in [-0.2, -0.15) is 9.97 Å². The second-order valence-corrected chi connectivity index (χ2v) is 15.3. The topological polar surface area (TPSA) is 43.6 Å². The highest BCUT2D eigenvalue weighted by atomic mass is 28.3. The second kappa shape index (κ2) is 12.5. The van der Waals surface area contributed by atoms with Crippen molar-refractivity contribution in [2.24, 2.45) is 0 Å². The predicted molar refractivity (Wildman–Crippen MR) is 209 cm³/mol. The monoisotopic (exact) mass is 669 g/mol. The van der Waals surface area contributed by atoms with Crippen LogP contribution in [0.5, 0.6) is 0 Å². The molecule has 50 heavy (non-hydrogen) atoms. The maximum Gasteiger partial charge on any atom is 0.238 e. The Morgan fingerprint density at radius 3 is 1.32 bits per heavy atom. The molecule has 0 unspecified atom stereocenters. The summed E-state index contributed by atoms with van der Waals surface area (Å²) in [5.41, 5.74) is -0.493. The van der Waals surface area contributed by atoms with Crippen molar-refractivity contribution in [2.75, 3.05) is 0 Å². The lowest BCUT2D eigenvalue weighted by molar-refractivity contribution is 0.953. The van der Waals surface area contributed by atoms with E-state index in [1.807, 2.05) is 66.7 Å². The molecular formula is C45H32N4Si. The van der Waals surface area contributed by atoms with Gasteiger partial charge >= 0.3 is 0 Å². The summed E-state index contributed by atoms with van der Waals surface area (Å²) >= 11 is 0. The van der Waals surface area contributed by atoms with Crippen LogP contribution in [-0.4, -0.2) is 27.6 Å². The van der Waals surface area contributed by atoms with Gasteiger partial charge in [-0.3, -0.25) is 4.57 Å². The Morgan fingerprint density at radius 1 is 0.400 bits per heavy atom. The molecule has 2 heterocycles. The Kier molecular flexibility index (Phi) is 4.75. The maximum absolute atomic E-state index is 9.05. The van der Waals surface area contributed by atoms with Gasteiger partial charge in [-0.15, -0.1) is 0 Å². The third-order valence-corrected chi connectivity index (χ3v) is 13.6. The van der Waals surface area contributed by atoms with E-state index in [1.165, 1.54) is 0 Å². The predicted octanol–water partition coefficient (Wildman–Crippen LogP) is 7.68. The van der Waals surface area contributed by atoms with Crippen LogP contribution in [0.4, 0.5) is 0 Å². The van der Waals surface area contributed by atoms with E-state index in [0.29, 0.717) is 5.56 Å². The molecule has 0 aliphatic rings. The molecule has 0 spiro atoms. The summed E-state index contributed by atoms with van der Waals surface area (Å²) in [6, 6.07) is 30.3. The molecule has 9 rings (SSSR count). The van der Waals surface area contributed by atoms with Gasteiger partial charge in [-0.25, -0.2) is 4.98 Å². The molecule has 0 amide bonds. The molecule has 0 radical (unpaired) electrons. The fourth-order valence-corrected chi connectivity index (χ4v) is 11.4. The van der Waals surface area contributed by atoms with Gasteiger partial charge in [0, 0.05) is 21.9 Å². The van der Waals surface area contributed by atoms with E-state index < -0.39 is 86.6 Å². The highest BCUT2D eigenvalue weighted by Crippen LogP contribution is 2.32. The normalized spacial score (nSPS) is 15.2. The lowest BCUT2D eigenvalue weighted by Crippen LogP contribution is -2.74. The summed E-state index contributed by atoms with van der Waals surface area (Å²) < 4.78 is 114. The summed E-state index contributed by atoms with van der Waals surface area (Å²) in [7, 11) is -2.99. The number of hydrogen-bond acceptors (Lipinski definition) is 3. The summed E-state index contributed by atoms with van der Waals surface area (Å²) in [5, 5.41) is 3.97. The van der Waals surface area contributed by atoms with E-state index in [1.54, 1.807) is 12.1 Å². The third kappa shape index (κ3) is 4.95. The van der Waals surface area contributed by atoms with Gasteiger partial charge in [0.1, 0.15) is 0 Å². The summed E-state index contributed by atoms with van der Waals surface area (Å²) in [6.07, 6.45) is 0. The molecule has 5 heteroatoms. The number of benzene rings is 7. The average molecular weight is 670 g/mol. The van der Waals surface area contributed by atoms with Crippen molar-refractivity contribution in [3.05, 3.63) is 194 Å². The van der Waals surface area contributed by atoms with Crippen LogP contribution in [0.15, 0.2) is 194 Å². The zero-order valence-electron chi connectivity index (χ0n) is 39.3. The largest absolute Gasteiger partial charge is 0.278 e. The molecule has 0 saturated heterocycles. The first-order chi connectivity index (χ1) is 30.2. The molecule has 9 aromatic rings. The SMILES string of the molecule is [2H]c1c([2H])c([2H])c(-c2nc(-c3ccc([Si](c4ccccc4)(c4ccccc4)c4ccccc4)cc3)nc(-n3c4c([2H])c([2H])c([2H])c([2H])c4c4c([2H])c([2H])c([2H])c([2H])c43)n2)c([2H])c1[2H]. The molecule has 0 aliphatic heterocycles. The Balaban J connectivity index is 1.38. The van der Waals surface area contributed by atoms with E-state index in [2.05, 4.69) is 41.4 Å². The molecule has 7 aromatic carbocycles. The van der Waals surface area contributed by atoms with Crippen molar-refractivity contribution >= 4 is 50.6 Å². The van der Waals surface area contributed by atoms with Crippen LogP contribution in [0.3, 0.4) is 0 Å². The fourth-order valence-electron chi connectivity index (χ4n) is 6.62. The molecule has 4 nitrogen and oxygen atoms in total. The smallest absolute Gasteiger partial charge is 0.238 e. The van der Waals surface area contributed by atoms with Crippen LogP contribution in [-0.2, 0) is 0 Å². The van der Waals surface area contributed by atoms with Crippen LogP contribution in [0.25, 0.3) is 50.5 Å². The highest BCUT2D eigenvalue weighted by Gasteiger charge is 2.41. The minimum atomic E-state index is -2.99. The zero-order chi connectivity index (χ0) is 44.6. The molecule has 236 valence electrons. The summed E-state index contributed by atoms with van der Waals surface area (Å²) in [5.74, 6) is -0.826. The minimum Gasteiger partial charge on any atom is -0.278 e. The molecule has 0 fully saturated rings. The zero-order valence-corrected chi connectivity index (χ0v) is 27.3. The Hall–Kier alpha value is -6.43. The third-order valence-electron chi connectivity index (χ3n) is 8.78. The van der Waals surface area contributed by atoms with Crippen LogP contribution >= 0.6 is 0 Å². The van der Waals surface area contributed by atoms with Crippen molar-refractivity contribution in [3.63, 3.8) is 0 Å². The first-order valence-electron chi connectivity index (χ1n) is 22.3. The summed E-state index contributed by atoms with van der Waals surface area (Å²) in [6.45, 7) is 0. The van der Waals surface area contributed by atoms with E-state index in [-0.39, 0.29) is 45.0 Å². The first-order valence-corrected chi connectivity index (χ1v) is 17.8. The van der Waals surface area contributed by atoms with Gasteiger partial charge in [0.25, 0.3) is 0 Å². The van der Waals surface area contributed by atoms with Crippen molar-refractivity contribution in [2.45, 2.75) is 0 Å². The van der Waals surface area contributed by atoms with Crippen LogP contribution in [0.1, 0.15) is 17.8 Å². The van der Waals surface area contributed by atoms with Crippen molar-refractivity contribution in [1.82, 2.24) is 19.5 Å². The standard InChI is InChI=1S/C45H32N4Si/c1-5-17-33(18-6-1)43-46-44(48-45(47-43)49-41-27-15-13-25-39(41)40-26-14-16-28-42(40)49)34-29-31-38(32-30-34)50(35-19-7-2-8-20-35,36-21-9-3-10-22-36)37-23-11-4-12-24-37/h1-32H/i1D,5D,6D,13D,14D,15D,16D,17D,18D,25D,26D,27D,28D. The van der Waals surface area contributed by atoms with Gasteiger partial charge in [0.05, 0.1) is 28.9 Å². The Morgan fingerprint density at radius 2 is 0.820 bits per heavy atom. The number of aromatic nitrogens is 4. The van der Waals surface area contributed by atoms with Gasteiger partial charge in [-0.1, -0.05) is 182 Å². The van der Waals surface area contributed by atoms with Crippen LogP contribution in [0.2, 0.25) is 0 Å². The number of hydrogen-bond donors (Lipinski definition) is 0. The van der Waals surface area contributed by atoms with E-state index >= 15 is 0 Å². The molecule has 0 atom stereocenters. The number of para-hydroxylation sites is 2. The van der Waals surface area contributed by atoms with Crippen molar-refractivity contribution < 1.29 is 17.8 Å². The second-order valence-electron chi connectivity index (χ2n) is 11.5. The number of fused-ring (bicyclic) bond motifs is 3. The summed E-state index contributed by atoms with van der Waals surface area (Å²) in [4.78, 5) is 14.1. The Bertz CT molecular complexity index is 3110. The van der Waals surface area contributed by atoms with E-state index in [0.717, 1.165) is 25.3 Å². The molecule has 0 aliphatic carbocycles. The first kappa shape index (κ1) is 18.9. The van der Waals surface area contributed by atoms with Gasteiger partial charge in [0.15, 0.2) is 19.7 Å². The van der Waals surface area contributed by atoms with E-state index in [4.69, 9.17) is 27.8 Å². The fraction of sp³-hybridized carbons (Fsp3) is 0. The lowest BCUT2D eigenvalue weighted by Gasteiger charge is -2.34. The molecule has 0 N–H and O–H groups in total.